The zero-order valence-corrected chi connectivity index (χ0v) is 22.1. The lowest BCUT2D eigenvalue weighted by atomic mass is 9.98. The Kier molecular flexibility index (Phi) is 14.4. The van der Waals surface area contributed by atoms with Crippen molar-refractivity contribution in [3.63, 3.8) is 0 Å². The molecule has 1 aliphatic rings. The molecular weight excluding hydrogens is 498 g/mol. The first-order valence-corrected chi connectivity index (χ1v) is 13.4. The van der Waals surface area contributed by atoms with Crippen LogP contribution in [0.2, 0.25) is 0 Å². The molecule has 2 aromatic carbocycles. The predicted molar refractivity (Wildman–Crippen MR) is 143 cm³/mol. The molecule has 0 bridgehead atoms. The number of carbonyl (C=O) groups is 1. The summed E-state index contributed by atoms with van der Waals surface area (Å²) in [5.74, 6) is 0.557. The van der Waals surface area contributed by atoms with Crippen LogP contribution >= 0.6 is 11.6 Å². The Morgan fingerprint density at radius 2 is 1.14 bits per heavy atom. The average Bonchev–Trinajstić information content (AvgIpc) is 3.25. The standard InChI is InChI=1S/C28H38ClNO7/c29-10-13-33-15-17-35-19-21-36-20-18-34-16-14-32-12-5-11-30-28(31)37-22-27-25-8-3-1-6-23(25)24-7-2-4-9-26(24)27/h1-4,6-9,27H,5,10-22H2,(H,30,31). The third-order valence-corrected chi connectivity index (χ3v) is 5.94. The molecule has 0 atom stereocenters. The summed E-state index contributed by atoms with van der Waals surface area (Å²) in [6, 6.07) is 16.6. The smallest absolute Gasteiger partial charge is 0.407 e. The molecule has 1 amide bonds. The van der Waals surface area contributed by atoms with Crippen LogP contribution in [0.1, 0.15) is 23.5 Å². The molecule has 204 valence electrons. The van der Waals surface area contributed by atoms with Crippen molar-refractivity contribution in [2.75, 3.05) is 85.1 Å². The molecule has 2 aromatic rings. The van der Waals surface area contributed by atoms with Gasteiger partial charge in [0.05, 0.1) is 59.5 Å². The topological polar surface area (TPSA) is 84.5 Å². The molecule has 8 nitrogen and oxygen atoms in total. The van der Waals surface area contributed by atoms with Gasteiger partial charge in [0.15, 0.2) is 0 Å². The highest BCUT2D eigenvalue weighted by molar-refractivity contribution is 6.17. The zero-order chi connectivity index (χ0) is 26.0. The van der Waals surface area contributed by atoms with Crippen LogP contribution in [0.15, 0.2) is 48.5 Å². The van der Waals surface area contributed by atoms with Gasteiger partial charge in [-0.25, -0.2) is 4.79 Å². The summed E-state index contributed by atoms with van der Waals surface area (Å²) < 4.78 is 32.5. The van der Waals surface area contributed by atoms with Gasteiger partial charge in [-0.1, -0.05) is 48.5 Å². The highest BCUT2D eigenvalue weighted by Crippen LogP contribution is 2.44. The van der Waals surface area contributed by atoms with E-state index in [0.29, 0.717) is 91.5 Å². The van der Waals surface area contributed by atoms with Crippen molar-refractivity contribution in [1.29, 1.82) is 0 Å². The van der Waals surface area contributed by atoms with E-state index in [1.54, 1.807) is 0 Å². The molecule has 0 heterocycles. The zero-order valence-electron chi connectivity index (χ0n) is 21.3. The fourth-order valence-electron chi connectivity index (χ4n) is 4.05. The third kappa shape index (κ3) is 10.6. The molecule has 0 unspecified atom stereocenters. The van der Waals surface area contributed by atoms with Crippen molar-refractivity contribution in [1.82, 2.24) is 5.32 Å². The SMILES string of the molecule is O=C(NCCCOCCOCCOCCOCCOCCCl)OCC1c2ccccc2-c2ccccc21. The van der Waals surface area contributed by atoms with Gasteiger partial charge in [-0.2, -0.15) is 0 Å². The number of rotatable bonds is 20. The van der Waals surface area contributed by atoms with E-state index in [2.05, 4.69) is 29.6 Å². The first-order valence-electron chi connectivity index (χ1n) is 12.8. The van der Waals surface area contributed by atoms with Crippen LogP contribution < -0.4 is 5.32 Å². The van der Waals surface area contributed by atoms with Crippen molar-refractivity contribution >= 4 is 17.7 Å². The van der Waals surface area contributed by atoms with Crippen LogP contribution in [0.4, 0.5) is 4.79 Å². The highest BCUT2D eigenvalue weighted by Gasteiger charge is 2.28. The highest BCUT2D eigenvalue weighted by atomic mass is 35.5. The lowest BCUT2D eigenvalue weighted by molar-refractivity contribution is -0.0102. The van der Waals surface area contributed by atoms with Crippen LogP contribution in [0.25, 0.3) is 11.1 Å². The summed E-state index contributed by atoms with van der Waals surface area (Å²) >= 11 is 5.51. The van der Waals surface area contributed by atoms with E-state index in [0.717, 1.165) is 0 Å². The minimum Gasteiger partial charge on any atom is -0.449 e. The van der Waals surface area contributed by atoms with Gasteiger partial charge in [-0.15, -0.1) is 11.6 Å². The van der Waals surface area contributed by atoms with E-state index in [4.69, 9.17) is 40.0 Å². The normalized spacial score (nSPS) is 12.4. The first kappa shape index (κ1) is 29.4. The molecule has 0 aliphatic heterocycles. The largest absolute Gasteiger partial charge is 0.449 e. The lowest BCUT2D eigenvalue weighted by Gasteiger charge is -2.14. The molecule has 0 fully saturated rings. The van der Waals surface area contributed by atoms with Gasteiger partial charge in [0, 0.05) is 24.9 Å². The maximum absolute atomic E-state index is 12.2. The molecule has 3 rings (SSSR count). The van der Waals surface area contributed by atoms with Gasteiger partial charge in [0.2, 0.25) is 0 Å². The number of hydrogen-bond acceptors (Lipinski definition) is 7. The lowest BCUT2D eigenvalue weighted by Crippen LogP contribution is -2.27. The van der Waals surface area contributed by atoms with Crippen molar-refractivity contribution in [2.24, 2.45) is 0 Å². The quantitative estimate of drug-likeness (QED) is 0.200. The van der Waals surface area contributed by atoms with Crippen LogP contribution in [-0.2, 0) is 28.4 Å². The molecule has 1 N–H and O–H groups in total. The molecule has 1 aliphatic carbocycles. The Morgan fingerprint density at radius 1 is 0.676 bits per heavy atom. The van der Waals surface area contributed by atoms with Crippen molar-refractivity contribution < 1.29 is 33.2 Å². The molecule has 9 heteroatoms. The van der Waals surface area contributed by atoms with Crippen molar-refractivity contribution in [3.05, 3.63) is 59.7 Å². The Balaban J connectivity index is 1.12. The van der Waals surface area contributed by atoms with Gasteiger partial charge in [-0.05, 0) is 28.7 Å². The molecule has 0 saturated carbocycles. The summed E-state index contributed by atoms with van der Waals surface area (Å²) in [6.07, 6.45) is 0.291. The number of alkyl halides is 1. The summed E-state index contributed by atoms with van der Waals surface area (Å²) in [6.45, 7) is 6.02. The van der Waals surface area contributed by atoms with E-state index in [1.807, 2.05) is 24.3 Å². The molecule has 0 radical (unpaired) electrons. The van der Waals surface area contributed by atoms with Crippen molar-refractivity contribution in [2.45, 2.75) is 12.3 Å². The average molecular weight is 536 g/mol. The van der Waals surface area contributed by atoms with E-state index in [-0.39, 0.29) is 5.92 Å². The number of hydrogen-bond donors (Lipinski definition) is 1. The van der Waals surface area contributed by atoms with E-state index in [9.17, 15) is 4.79 Å². The Bertz CT molecular complexity index is 868. The van der Waals surface area contributed by atoms with Gasteiger partial charge in [0.1, 0.15) is 6.61 Å². The van der Waals surface area contributed by atoms with Gasteiger partial charge < -0.3 is 33.7 Å². The maximum atomic E-state index is 12.2. The Morgan fingerprint density at radius 3 is 1.65 bits per heavy atom. The van der Waals surface area contributed by atoms with Crippen LogP contribution in [0.5, 0.6) is 0 Å². The Labute approximate surface area is 224 Å². The number of halogens is 1. The first-order chi connectivity index (χ1) is 18.3. The Hall–Kier alpha value is -2.20. The van der Waals surface area contributed by atoms with Crippen molar-refractivity contribution in [3.8, 4) is 11.1 Å². The molecule has 0 spiro atoms. The summed E-state index contributed by atoms with van der Waals surface area (Å²) in [7, 11) is 0. The number of fused-ring (bicyclic) bond motifs is 3. The second kappa shape index (κ2) is 18.1. The van der Waals surface area contributed by atoms with E-state index in [1.165, 1.54) is 22.3 Å². The fourth-order valence-corrected chi connectivity index (χ4v) is 4.16. The maximum Gasteiger partial charge on any atom is 0.407 e. The summed E-state index contributed by atoms with van der Waals surface area (Å²) in [5, 5.41) is 2.80. The summed E-state index contributed by atoms with van der Waals surface area (Å²) in [4.78, 5) is 12.2. The molecular formula is C28H38ClNO7. The monoisotopic (exact) mass is 535 g/mol. The number of nitrogens with one attached hydrogen (secondary N) is 1. The van der Waals surface area contributed by atoms with E-state index < -0.39 is 6.09 Å². The second-order valence-corrected chi connectivity index (χ2v) is 8.73. The summed E-state index contributed by atoms with van der Waals surface area (Å²) in [5.41, 5.74) is 4.83. The fraction of sp³-hybridized carbons (Fsp3) is 0.536. The number of amides is 1. The minimum absolute atomic E-state index is 0.0617. The number of benzene rings is 2. The van der Waals surface area contributed by atoms with Gasteiger partial charge in [-0.3, -0.25) is 0 Å². The van der Waals surface area contributed by atoms with Crippen LogP contribution in [0, 0.1) is 0 Å². The second-order valence-electron chi connectivity index (χ2n) is 8.36. The number of ether oxygens (including phenoxy) is 6. The minimum atomic E-state index is -0.407. The van der Waals surface area contributed by atoms with Gasteiger partial charge >= 0.3 is 6.09 Å². The van der Waals surface area contributed by atoms with Crippen LogP contribution in [-0.4, -0.2) is 91.2 Å². The third-order valence-electron chi connectivity index (χ3n) is 5.79. The number of carbonyl (C=O) groups excluding carboxylic acids is 1. The van der Waals surface area contributed by atoms with Gasteiger partial charge in [0.25, 0.3) is 0 Å². The molecule has 37 heavy (non-hydrogen) atoms. The van der Waals surface area contributed by atoms with E-state index >= 15 is 0 Å². The molecule has 0 aromatic heterocycles. The predicted octanol–water partition coefficient (Wildman–Crippen LogP) is 4.24. The number of alkyl carbamates (subject to hydrolysis) is 1. The van der Waals surface area contributed by atoms with Crippen LogP contribution in [0.3, 0.4) is 0 Å². The molecule has 0 saturated heterocycles.